The van der Waals surface area contributed by atoms with E-state index < -0.39 is 6.10 Å². The highest BCUT2D eigenvalue weighted by Crippen LogP contribution is 2.25. The SMILES string of the molecule is NCC(O)Cc1cccc(OCC2CCCCC2)c1. The van der Waals surface area contributed by atoms with Crippen LogP contribution in [-0.4, -0.2) is 24.4 Å². The molecule has 1 saturated carbocycles. The van der Waals surface area contributed by atoms with E-state index in [1.807, 2.05) is 24.3 Å². The molecule has 1 aromatic carbocycles. The van der Waals surface area contributed by atoms with Crippen LogP contribution in [0, 0.1) is 5.92 Å². The molecular weight excluding hydrogens is 238 g/mol. The summed E-state index contributed by atoms with van der Waals surface area (Å²) in [6, 6.07) is 7.99. The van der Waals surface area contributed by atoms with Gasteiger partial charge < -0.3 is 15.6 Å². The van der Waals surface area contributed by atoms with Crippen molar-refractivity contribution in [3.8, 4) is 5.75 Å². The number of benzene rings is 1. The number of nitrogens with two attached hydrogens (primary N) is 1. The van der Waals surface area contributed by atoms with Crippen LogP contribution in [0.3, 0.4) is 0 Å². The Morgan fingerprint density at radius 2 is 2.05 bits per heavy atom. The number of aliphatic hydroxyl groups excluding tert-OH is 1. The lowest BCUT2D eigenvalue weighted by atomic mass is 9.90. The zero-order chi connectivity index (χ0) is 13.5. The number of hydrogen-bond acceptors (Lipinski definition) is 3. The van der Waals surface area contributed by atoms with Gasteiger partial charge in [-0.1, -0.05) is 31.4 Å². The predicted octanol–water partition coefficient (Wildman–Crippen LogP) is 2.51. The van der Waals surface area contributed by atoms with Crippen LogP contribution in [0.15, 0.2) is 24.3 Å². The van der Waals surface area contributed by atoms with Crippen LogP contribution in [0.2, 0.25) is 0 Å². The largest absolute Gasteiger partial charge is 0.493 e. The van der Waals surface area contributed by atoms with Crippen molar-refractivity contribution in [2.45, 2.75) is 44.6 Å². The molecule has 3 N–H and O–H groups in total. The van der Waals surface area contributed by atoms with E-state index in [0.29, 0.717) is 18.9 Å². The molecule has 0 bridgehead atoms. The van der Waals surface area contributed by atoms with E-state index in [4.69, 9.17) is 10.5 Å². The van der Waals surface area contributed by atoms with Gasteiger partial charge in [0.15, 0.2) is 0 Å². The molecular formula is C16H25NO2. The Bertz CT molecular complexity index is 375. The number of aliphatic hydroxyl groups is 1. The van der Waals surface area contributed by atoms with Gasteiger partial charge in [0.1, 0.15) is 5.75 Å². The predicted molar refractivity (Wildman–Crippen MR) is 77.3 cm³/mol. The van der Waals surface area contributed by atoms with E-state index >= 15 is 0 Å². The summed E-state index contributed by atoms with van der Waals surface area (Å²) < 4.78 is 5.89. The molecule has 1 atom stereocenters. The molecule has 0 heterocycles. The maximum atomic E-state index is 9.57. The lowest BCUT2D eigenvalue weighted by Crippen LogP contribution is -2.22. The molecule has 0 saturated heterocycles. The van der Waals surface area contributed by atoms with E-state index in [1.54, 1.807) is 0 Å². The van der Waals surface area contributed by atoms with Crippen molar-refractivity contribution in [2.24, 2.45) is 11.7 Å². The molecule has 3 nitrogen and oxygen atoms in total. The first-order valence-electron chi connectivity index (χ1n) is 7.38. The van der Waals surface area contributed by atoms with Gasteiger partial charge in [0.05, 0.1) is 12.7 Å². The summed E-state index contributed by atoms with van der Waals surface area (Å²) in [4.78, 5) is 0. The summed E-state index contributed by atoms with van der Waals surface area (Å²) in [6.07, 6.45) is 6.79. The highest BCUT2D eigenvalue weighted by molar-refractivity contribution is 5.29. The smallest absolute Gasteiger partial charge is 0.119 e. The van der Waals surface area contributed by atoms with Crippen molar-refractivity contribution in [1.82, 2.24) is 0 Å². The normalized spacial score (nSPS) is 18.2. The van der Waals surface area contributed by atoms with Gasteiger partial charge in [-0.15, -0.1) is 0 Å². The highest BCUT2D eigenvalue weighted by atomic mass is 16.5. The second kappa shape index (κ2) is 7.51. The minimum absolute atomic E-state index is 0.299. The Kier molecular flexibility index (Phi) is 5.67. The van der Waals surface area contributed by atoms with Crippen molar-refractivity contribution in [3.05, 3.63) is 29.8 Å². The summed E-state index contributed by atoms with van der Waals surface area (Å²) in [5.41, 5.74) is 6.52. The fourth-order valence-corrected chi connectivity index (χ4v) is 2.69. The van der Waals surface area contributed by atoms with Gasteiger partial charge in [-0.3, -0.25) is 0 Å². The zero-order valence-electron chi connectivity index (χ0n) is 11.6. The van der Waals surface area contributed by atoms with Crippen LogP contribution in [0.25, 0.3) is 0 Å². The van der Waals surface area contributed by atoms with Crippen molar-refractivity contribution in [2.75, 3.05) is 13.2 Å². The first-order chi connectivity index (χ1) is 9.28. The summed E-state index contributed by atoms with van der Waals surface area (Å²) in [7, 11) is 0. The second-order valence-electron chi connectivity index (χ2n) is 5.56. The van der Waals surface area contributed by atoms with E-state index in [1.165, 1.54) is 32.1 Å². The molecule has 1 unspecified atom stereocenters. The van der Waals surface area contributed by atoms with E-state index in [9.17, 15) is 5.11 Å². The Balaban J connectivity index is 1.84. The molecule has 19 heavy (non-hydrogen) atoms. The molecule has 1 aliphatic carbocycles. The van der Waals surface area contributed by atoms with Crippen LogP contribution in [0.5, 0.6) is 5.75 Å². The van der Waals surface area contributed by atoms with Gasteiger partial charge in [-0.25, -0.2) is 0 Å². The zero-order valence-corrected chi connectivity index (χ0v) is 11.6. The van der Waals surface area contributed by atoms with Crippen molar-refractivity contribution in [3.63, 3.8) is 0 Å². The lowest BCUT2D eigenvalue weighted by Gasteiger charge is -2.21. The van der Waals surface area contributed by atoms with Crippen molar-refractivity contribution in [1.29, 1.82) is 0 Å². The Labute approximate surface area is 115 Å². The first-order valence-corrected chi connectivity index (χ1v) is 7.38. The number of hydrogen-bond donors (Lipinski definition) is 2. The number of rotatable bonds is 6. The molecule has 2 rings (SSSR count). The average molecular weight is 263 g/mol. The van der Waals surface area contributed by atoms with Gasteiger partial charge >= 0.3 is 0 Å². The van der Waals surface area contributed by atoms with E-state index in [2.05, 4.69) is 0 Å². The average Bonchev–Trinajstić information content (AvgIpc) is 2.46. The van der Waals surface area contributed by atoms with Crippen LogP contribution in [0.1, 0.15) is 37.7 Å². The van der Waals surface area contributed by atoms with Gasteiger partial charge in [-0.2, -0.15) is 0 Å². The lowest BCUT2D eigenvalue weighted by molar-refractivity contribution is 0.183. The summed E-state index contributed by atoms with van der Waals surface area (Å²) >= 11 is 0. The second-order valence-corrected chi connectivity index (χ2v) is 5.56. The van der Waals surface area contributed by atoms with Gasteiger partial charge in [0.2, 0.25) is 0 Å². The molecule has 3 heteroatoms. The molecule has 0 radical (unpaired) electrons. The molecule has 0 spiro atoms. The first kappa shape index (κ1) is 14.4. The van der Waals surface area contributed by atoms with Crippen LogP contribution >= 0.6 is 0 Å². The molecule has 0 aromatic heterocycles. The van der Waals surface area contributed by atoms with Crippen LogP contribution < -0.4 is 10.5 Å². The maximum absolute atomic E-state index is 9.57. The van der Waals surface area contributed by atoms with Gasteiger partial charge in [0, 0.05) is 6.54 Å². The molecule has 0 amide bonds. The molecule has 1 fully saturated rings. The highest BCUT2D eigenvalue weighted by Gasteiger charge is 2.14. The quantitative estimate of drug-likeness (QED) is 0.829. The fourth-order valence-electron chi connectivity index (χ4n) is 2.69. The minimum atomic E-state index is -0.464. The third-order valence-electron chi connectivity index (χ3n) is 3.85. The van der Waals surface area contributed by atoms with Crippen LogP contribution in [-0.2, 0) is 6.42 Å². The van der Waals surface area contributed by atoms with Crippen molar-refractivity contribution < 1.29 is 9.84 Å². The standard InChI is InChI=1S/C16H25NO2/c17-11-15(18)9-14-7-4-8-16(10-14)19-12-13-5-2-1-3-6-13/h4,7-8,10,13,15,18H,1-3,5-6,9,11-12,17H2. The Morgan fingerprint density at radius 3 is 2.79 bits per heavy atom. The third kappa shape index (κ3) is 4.84. The van der Waals surface area contributed by atoms with E-state index in [-0.39, 0.29) is 0 Å². The Hall–Kier alpha value is -1.06. The number of ether oxygens (including phenoxy) is 1. The molecule has 0 aliphatic heterocycles. The monoisotopic (exact) mass is 263 g/mol. The minimum Gasteiger partial charge on any atom is -0.493 e. The summed E-state index contributed by atoms with van der Waals surface area (Å²) in [6.45, 7) is 1.12. The van der Waals surface area contributed by atoms with Gasteiger partial charge in [0.25, 0.3) is 0 Å². The van der Waals surface area contributed by atoms with Crippen LogP contribution in [0.4, 0.5) is 0 Å². The maximum Gasteiger partial charge on any atom is 0.119 e. The third-order valence-corrected chi connectivity index (χ3v) is 3.85. The topological polar surface area (TPSA) is 55.5 Å². The molecule has 106 valence electrons. The Morgan fingerprint density at radius 1 is 1.26 bits per heavy atom. The fraction of sp³-hybridized carbons (Fsp3) is 0.625. The van der Waals surface area contributed by atoms with E-state index in [0.717, 1.165) is 17.9 Å². The van der Waals surface area contributed by atoms with Gasteiger partial charge in [-0.05, 0) is 42.9 Å². The van der Waals surface area contributed by atoms with Crippen molar-refractivity contribution >= 4 is 0 Å². The summed E-state index contributed by atoms with van der Waals surface area (Å²) in [5.74, 6) is 1.62. The molecule has 1 aliphatic rings. The molecule has 1 aromatic rings. The summed E-state index contributed by atoms with van der Waals surface area (Å²) in [5, 5.41) is 9.57.